The van der Waals surface area contributed by atoms with E-state index in [4.69, 9.17) is 9.47 Å². The van der Waals surface area contributed by atoms with Crippen molar-refractivity contribution in [3.8, 4) is 0 Å². The van der Waals surface area contributed by atoms with Crippen molar-refractivity contribution in [1.82, 2.24) is 0 Å². The molecule has 2 unspecified atom stereocenters. The number of esters is 2. The highest BCUT2D eigenvalue weighted by atomic mass is 16.6. The number of hydrogen-bond donors (Lipinski definition) is 2. The van der Waals surface area contributed by atoms with Gasteiger partial charge >= 0.3 is 11.9 Å². The molecule has 190 valence electrons. The molecule has 0 heterocycles. The van der Waals surface area contributed by atoms with E-state index in [0.29, 0.717) is 25.7 Å². The summed E-state index contributed by atoms with van der Waals surface area (Å²) in [6.45, 7) is 4.49. The molecule has 0 saturated heterocycles. The molecule has 0 bridgehead atoms. The van der Waals surface area contributed by atoms with Gasteiger partial charge in [0.25, 0.3) is 0 Å². The van der Waals surface area contributed by atoms with Crippen LogP contribution in [0.3, 0.4) is 0 Å². The van der Waals surface area contributed by atoms with Crippen molar-refractivity contribution in [3.05, 3.63) is 0 Å². The normalized spacial score (nSPS) is 13.0. The summed E-state index contributed by atoms with van der Waals surface area (Å²) in [7, 11) is 0. The Labute approximate surface area is 196 Å². The number of carbonyl (C=O) groups is 2. The van der Waals surface area contributed by atoms with E-state index in [1.165, 1.54) is 38.5 Å². The van der Waals surface area contributed by atoms with E-state index in [1.807, 2.05) is 0 Å². The van der Waals surface area contributed by atoms with Crippen LogP contribution in [0.15, 0.2) is 0 Å². The van der Waals surface area contributed by atoms with Gasteiger partial charge in [0.15, 0.2) is 0 Å². The van der Waals surface area contributed by atoms with Crippen molar-refractivity contribution in [1.29, 1.82) is 0 Å². The van der Waals surface area contributed by atoms with Crippen LogP contribution in [0.5, 0.6) is 0 Å². The molecule has 32 heavy (non-hydrogen) atoms. The number of hydrogen-bond acceptors (Lipinski definition) is 6. The van der Waals surface area contributed by atoms with Gasteiger partial charge in [-0.15, -0.1) is 0 Å². The lowest BCUT2D eigenvalue weighted by molar-refractivity contribution is -0.152. The van der Waals surface area contributed by atoms with Crippen molar-refractivity contribution in [3.63, 3.8) is 0 Å². The zero-order chi connectivity index (χ0) is 23.9. The number of aliphatic hydroxyl groups excluding tert-OH is 2. The molecule has 2 atom stereocenters. The van der Waals surface area contributed by atoms with Gasteiger partial charge in [-0.05, 0) is 38.5 Å². The Morgan fingerprint density at radius 3 is 1.28 bits per heavy atom. The van der Waals surface area contributed by atoms with Gasteiger partial charge in [-0.1, -0.05) is 78.1 Å². The molecule has 0 saturated carbocycles. The van der Waals surface area contributed by atoms with Crippen LogP contribution in [0.4, 0.5) is 0 Å². The van der Waals surface area contributed by atoms with Gasteiger partial charge in [-0.25, -0.2) is 0 Å². The topological polar surface area (TPSA) is 93.1 Å². The molecule has 0 aliphatic heterocycles. The summed E-state index contributed by atoms with van der Waals surface area (Å²) in [6.07, 6.45) is 15.7. The minimum absolute atomic E-state index is 0.0605. The highest BCUT2D eigenvalue weighted by molar-refractivity contribution is 5.70. The Kier molecular flexibility index (Phi) is 22.2. The van der Waals surface area contributed by atoms with Crippen molar-refractivity contribution < 1.29 is 29.3 Å². The molecule has 0 aromatic heterocycles. The number of aliphatic hydroxyl groups is 2. The van der Waals surface area contributed by atoms with Crippen LogP contribution >= 0.6 is 0 Å². The summed E-state index contributed by atoms with van der Waals surface area (Å²) < 4.78 is 10.2. The van der Waals surface area contributed by atoms with Gasteiger partial charge in [-0.3, -0.25) is 9.59 Å². The van der Waals surface area contributed by atoms with Crippen LogP contribution in [0, 0.1) is 0 Å². The quantitative estimate of drug-likeness (QED) is 0.147. The second-order valence-electron chi connectivity index (χ2n) is 8.94. The second-order valence-corrected chi connectivity index (χ2v) is 8.94. The smallest absolute Gasteiger partial charge is 0.305 e. The van der Waals surface area contributed by atoms with Crippen molar-refractivity contribution in [2.75, 3.05) is 13.2 Å². The molecule has 6 heteroatoms. The molecule has 6 nitrogen and oxygen atoms in total. The summed E-state index contributed by atoms with van der Waals surface area (Å²) in [5.74, 6) is -0.642. The maximum atomic E-state index is 11.7. The van der Waals surface area contributed by atoms with E-state index in [-0.39, 0.29) is 50.2 Å². The highest BCUT2D eigenvalue weighted by Gasteiger charge is 2.10. The fourth-order valence-electron chi connectivity index (χ4n) is 3.68. The molecule has 0 aromatic rings. The second kappa shape index (κ2) is 23.0. The molecule has 0 amide bonds. The number of carbonyl (C=O) groups excluding carboxylic acids is 2. The Morgan fingerprint density at radius 2 is 0.906 bits per heavy atom. The first-order valence-electron chi connectivity index (χ1n) is 13.2. The molecule has 0 rings (SSSR count). The molecular formula is C26H50O6. The average Bonchev–Trinajstić information content (AvgIpc) is 2.76. The Balaban J connectivity index is 3.51. The fraction of sp³-hybridized carbons (Fsp3) is 0.923. The van der Waals surface area contributed by atoms with Crippen molar-refractivity contribution in [2.45, 2.75) is 142 Å². The molecule has 0 aliphatic rings. The predicted molar refractivity (Wildman–Crippen MR) is 128 cm³/mol. The molecule has 0 fully saturated rings. The van der Waals surface area contributed by atoms with E-state index < -0.39 is 0 Å². The van der Waals surface area contributed by atoms with E-state index in [1.54, 1.807) is 0 Å². The Morgan fingerprint density at radius 1 is 0.562 bits per heavy atom. The maximum absolute atomic E-state index is 11.7. The number of unbranched alkanes of at least 4 members (excludes halogenated alkanes) is 8. The first-order chi connectivity index (χ1) is 15.5. The third kappa shape index (κ3) is 22.1. The van der Waals surface area contributed by atoms with Gasteiger partial charge in [0.1, 0.15) is 13.2 Å². The van der Waals surface area contributed by atoms with Gasteiger partial charge in [0, 0.05) is 12.8 Å². The summed E-state index contributed by atoms with van der Waals surface area (Å²) in [5, 5.41) is 19.9. The number of rotatable bonds is 23. The van der Waals surface area contributed by atoms with E-state index in [0.717, 1.165) is 38.5 Å². The number of ether oxygens (including phenoxy) is 2. The van der Waals surface area contributed by atoms with Crippen LogP contribution in [0.25, 0.3) is 0 Å². The average molecular weight is 459 g/mol. The van der Waals surface area contributed by atoms with Crippen LogP contribution in [0.2, 0.25) is 0 Å². The monoisotopic (exact) mass is 458 g/mol. The minimum Gasteiger partial charge on any atom is -0.462 e. The lowest BCUT2D eigenvalue weighted by Crippen LogP contribution is -2.15. The van der Waals surface area contributed by atoms with Crippen LogP contribution in [-0.4, -0.2) is 47.6 Å². The van der Waals surface area contributed by atoms with Gasteiger partial charge in [0.2, 0.25) is 0 Å². The summed E-state index contributed by atoms with van der Waals surface area (Å²) >= 11 is 0. The standard InChI is InChI=1S/C26H50O6/c1-3-5-7-9-11-15-23(27)17-13-19-25(29)31-21-22-32-26(30)20-14-18-24(28)16-12-10-8-6-4-2/h23-24,27-28H,3-22H2,1-2H3. The van der Waals surface area contributed by atoms with Gasteiger partial charge in [0.05, 0.1) is 12.2 Å². The summed E-state index contributed by atoms with van der Waals surface area (Å²) in [4.78, 5) is 23.4. The third-order valence-electron chi connectivity index (χ3n) is 5.73. The highest BCUT2D eigenvalue weighted by Crippen LogP contribution is 2.13. The van der Waals surface area contributed by atoms with Crippen LogP contribution < -0.4 is 0 Å². The summed E-state index contributed by atoms with van der Waals surface area (Å²) in [6, 6.07) is 0. The molecule has 0 aromatic carbocycles. The molecule has 0 spiro atoms. The molecule has 0 radical (unpaired) electrons. The van der Waals surface area contributed by atoms with E-state index in [9.17, 15) is 19.8 Å². The minimum atomic E-state index is -0.343. The third-order valence-corrected chi connectivity index (χ3v) is 5.73. The molecular weight excluding hydrogens is 408 g/mol. The molecule has 2 N–H and O–H groups in total. The lowest BCUT2D eigenvalue weighted by Gasteiger charge is -2.11. The first-order valence-corrected chi connectivity index (χ1v) is 13.2. The Bertz CT molecular complexity index is 400. The van der Waals surface area contributed by atoms with Gasteiger partial charge < -0.3 is 19.7 Å². The Hall–Kier alpha value is -1.14. The van der Waals surface area contributed by atoms with Crippen LogP contribution in [0.1, 0.15) is 129 Å². The van der Waals surface area contributed by atoms with Crippen LogP contribution in [-0.2, 0) is 19.1 Å². The predicted octanol–water partition coefficient (Wildman–Crippen LogP) is 5.86. The van der Waals surface area contributed by atoms with Crippen molar-refractivity contribution >= 4 is 11.9 Å². The summed E-state index contributed by atoms with van der Waals surface area (Å²) in [5.41, 5.74) is 0. The van der Waals surface area contributed by atoms with Crippen molar-refractivity contribution in [2.24, 2.45) is 0 Å². The molecule has 0 aliphatic carbocycles. The largest absolute Gasteiger partial charge is 0.462 e. The van der Waals surface area contributed by atoms with E-state index in [2.05, 4.69) is 13.8 Å². The SMILES string of the molecule is CCCCCCCC(O)CCCC(=O)OCCOC(=O)CCCC(O)CCCCCCC. The zero-order valence-electron chi connectivity index (χ0n) is 20.8. The van der Waals surface area contributed by atoms with E-state index >= 15 is 0 Å². The van der Waals surface area contributed by atoms with Gasteiger partial charge in [-0.2, -0.15) is 0 Å². The fourth-order valence-corrected chi connectivity index (χ4v) is 3.68. The zero-order valence-corrected chi connectivity index (χ0v) is 20.8. The first kappa shape index (κ1) is 30.9. The maximum Gasteiger partial charge on any atom is 0.305 e. The lowest BCUT2D eigenvalue weighted by atomic mass is 10.0.